The summed E-state index contributed by atoms with van der Waals surface area (Å²) >= 11 is 0. The Bertz CT molecular complexity index is 595. The number of ether oxygens (including phenoxy) is 1. The smallest absolute Gasteiger partial charge is 0.258 e. The molecule has 0 unspecified atom stereocenters. The summed E-state index contributed by atoms with van der Waals surface area (Å²) in [6.07, 6.45) is 6.56. The molecule has 0 radical (unpaired) electrons. The van der Waals surface area contributed by atoms with Crippen molar-refractivity contribution in [3.8, 4) is 0 Å². The van der Waals surface area contributed by atoms with Crippen molar-refractivity contribution in [2.45, 2.75) is 71.2 Å². The Morgan fingerprint density at radius 2 is 1.58 bits per heavy atom. The number of hydrogen-bond acceptors (Lipinski definition) is 2. The first kappa shape index (κ1) is 21.0. The van der Waals surface area contributed by atoms with Crippen molar-refractivity contribution in [1.29, 1.82) is 0 Å². The van der Waals surface area contributed by atoms with E-state index in [2.05, 4.69) is 91.0 Å². The monoisotopic (exact) mass is 372 g/mol. The lowest BCUT2D eigenvalue weighted by Crippen LogP contribution is -2.49. The largest absolute Gasteiger partial charge is 0.546 e. The Morgan fingerprint density at radius 1 is 1.00 bits per heavy atom. The summed E-state index contributed by atoms with van der Waals surface area (Å²) in [6.45, 7) is 16.9. The molecule has 0 aliphatic carbocycles. The van der Waals surface area contributed by atoms with Gasteiger partial charge in [-0.1, -0.05) is 91.0 Å². The fourth-order valence-corrected chi connectivity index (χ4v) is 9.80. The number of hydrogen-bond donors (Lipinski definition) is 0. The van der Waals surface area contributed by atoms with Crippen LogP contribution in [0, 0.1) is 5.92 Å². The van der Waals surface area contributed by atoms with E-state index < -0.39 is 8.32 Å². The second-order valence-electron chi connectivity index (χ2n) is 8.38. The van der Waals surface area contributed by atoms with Crippen LogP contribution < -0.4 is 0 Å². The molecule has 0 saturated heterocycles. The quantitative estimate of drug-likeness (QED) is 0.489. The van der Waals surface area contributed by atoms with E-state index in [1.54, 1.807) is 0 Å². The third-order valence-corrected chi connectivity index (χ3v) is 11.8. The van der Waals surface area contributed by atoms with Crippen LogP contribution in [0.4, 0.5) is 0 Å². The minimum Gasteiger partial charge on any atom is -0.546 e. The van der Waals surface area contributed by atoms with Crippen LogP contribution in [0.5, 0.6) is 0 Å². The van der Waals surface area contributed by atoms with Gasteiger partial charge in [-0.2, -0.15) is 0 Å². The van der Waals surface area contributed by atoms with Crippen LogP contribution in [-0.2, 0) is 9.16 Å². The van der Waals surface area contributed by atoms with Crippen molar-refractivity contribution >= 4 is 14.4 Å². The van der Waals surface area contributed by atoms with E-state index in [1.165, 1.54) is 5.56 Å². The van der Waals surface area contributed by atoms with E-state index in [9.17, 15) is 0 Å². The summed E-state index contributed by atoms with van der Waals surface area (Å²) < 4.78 is 13.0. The maximum Gasteiger partial charge on any atom is 0.258 e. The summed E-state index contributed by atoms with van der Waals surface area (Å²) in [5, 5.41) is 0. The number of rotatable bonds is 7. The zero-order chi connectivity index (χ0) is 19.3. The molecule has 0 fully saturated rings. The first-order valence-corrected chi connectivity index (χ1v) is 12.2. The molecule has 0 spiro atoms. The van der Waals surface area contributed by atoms with Gasteiger partial charge in [0.2, 0.25) is 0 Å². The standard InChI is InChI=1S/C23H36O2Si/c1-17(2)26(18(3)4,19(5)6)25-23-15-16-24-22(20(23)7)14-13-21-11-9-8-10-12-21/h8-15,17-20,22H,16H2,1-7H3/b14-13+/t20-,22+/m1/s1. The summed E-state index contributed by atoms with van der Waals surface area (Å²) in [6, 6.07) is 10.4. The van der Waals surface area contributed by atoms with Crippen LogP contribution in [0.2, 0.25) is 16.6 Å². The second kappa shape index (κ2) is 9.05. The highest BCUT2D eigenvalue weighted by atomic mass is 28.4. The van der Waals surface area contributed by atoms with Gasteiger partial charge in [0.1, 0.15) is 0 Å². The van der Waals surface area contributed by atoms with Crippen LogP contribution in [-0.4, -0.2) is 21.0 Å². The Hall–Kier alpha value is -1.32. The van der Waals surface area contributed by atoms with Crippen molar-refractivity contribution in [3.63, 3.8) is 0 Å². The fraction of sp³-hybridized carbons (Fsp3) is 0.565. The Kier molecular flexibility index (Phi) is 7.30. The first-order chi connectivity index (χ1) is 12.3. The fourth-order valence-electron chi connectivity index (χ4n) is 4.42. The zero-order valence-electron chi connectivity index (χ0n) is 17.5. The van der Waals surface area contributed by atoms with Crippen LogP contribution in [0.3, 0.4) is 0 Å². The minimum atomic E-state index is -1.92. The third kappa shape index (κ3) is 4.50. The van der Waals surface area contributed by atoms with Gasteiger partial charge in [-0.05, 0) is 28.3 Å². The molecule has 26 heavy (non-hydrogen) atoms. The second-order valence-corrected chi connectivity index (χ2v) is 13.8. The van der Waals surface area contributed by atoms with Gasteiger partial charge < -0.3 is 9.16 Å². The summed E-state index contributed by atoms with van der Waals surface area (Å²) in [5.74, 6) is 1.38. The highest BCUT2D eigenvalue weighted by molar-refractivity contribution is 6.77. The molecular formula is C23H36O2Si. The lowest BCUT2D eigenvalue weighted by atomic mass is 9.99. The molecule has 2 nitrogen and oxygen atoms in total. The van der Waals surface area contributed by atoms with Crippen LogP contribution in [0.1, 0.15) is 54.0 Å². The molecule has 1 aromatic carbocycles. The summed E-state index contributed by atoms with van der Waals surface area (Å²) in [5.41, 5.74) is 2.95. The Balaban J connectivity index is 2.19. The molecule has 2 atom stereocenters. The van der Waals surface area contributed by atoms with Crippen molar-refractivity contribution in [2.24, 2.45) is 5.92 Å². The third-order valence-electron chi connectivity index (χ3n) is 5.79. The first-order valence-electron chi connectivity index (χ1n) is 10.0. The summed E-state index contributed by atoms with van der Waals surface area (Å²) in [7, 11) is -1.92. The maximum atomic E-state index is 6.94. The van der Waals surface area contributed by atoms with Gasteiger partial charge in [-0.25, -0.2) is 0 Å². The van der Waals surface area contributed by atoms with Gasteiger partial charge >= 0.3 is 0 Å². The molecule has 0 saturated carbocycles. The van der Waals surface area contributed by atoms with Gasteiger partial charge in [-0.15, -0.1) is 0 Å². The van der Waals surface area contributed by atoms with Gasteiger partial charge in [0, 0.05) is 5.92 Å². The van der Waals surface area contributed by atoms with E-state index in [0.717, 1.165) is 5.76 Å². The van der Waals surface area contributed by atoms with Gasteiger partial charge in [0.25, 0.3) is 8.32 Å². The van der Waals surface area contributed by atoms with Crippen molar-refractivity contribution < 1.29 is 9.16 Å². The molecule has 0 N–H and O–H groups in total. The molecule has 0 amide bonds. The molecule has 1 aliphatic rings. The lowest BCUT2D eigenvalue weighted by molar-refractivity contribution is 0.0495. The number of benzene rings is 1. The van der Waals surface area contributed by atoms with Crippen molar-refractivity contribution in [3.05, 3.63) is 53.8 Å². The van der Waals surface area contributed by atoms with E-state index >= 15 is 0 Å². The van der Waals surface area contributed by atoms with E-state index in [1.807, 2.05) is 6.07 Å². The summed E-state index contributed by atoms with van der Waals surface area (Å²) in [4.78, 5) is 0. The van der Waals surface area contributed by atoms with Crippen LogP contribution in [0.15, 0.2) is 48.2 Å². The Labute approximate surface area is 161 Å². The average Bonchev–Trinajstić information content (AvgIpc) is 2.59. The SMILES string of the molecule is CC(C)[Si](OC1=CCO[C@@H](/C=C/c2ccccc2)[C@H]1C)(C(C)C)C(C)C. The van der Waals surface area contributed by atoms with Gasteiger partial charge in [-0.3, -0.25) is 0 Å². The molecule has 1 aliphatic heterocycles. The van der Waals surface area contributed by atoms with Gasteiger partial charge in [0.15, 0.2) is 0 Å². The predicted molar refractivity (Wildman–Crippen MR) is 115 cm³/mol. The molecule has 2 rings (SSSR count). The predicted octanol–water partition coefficient (Wildman–Crippen LogP) is 6.81. The molecule has 1 heterocycles. The van der Waals surface area contributed by atoms with Crippen molar-refractivity contribution in [2.75, 3.05) is 6.61 Å². The molecular weight excluding hydrogens is 336 g/mol. The van der Waals surface area contributed by atoms with Crippen LogP contribution in [0.25, 0.3) is 6.08 Å². The molecule has 3 heteroatoms. The van der Waals surface area contributed by atoms with Crippen molar-refractivity contribution in [1.82, 2.24) is 0 Å². The van der Waals surface area contributed by atoms with E-state index in [0.29, 0.717) is 23.2 Å². The lowest BCUT2D eigenvalue weighted by Gasteiger charge is -2.45. The Morgan fingerprint density at radius 3 is 2.12 bits per heavy atom. The molecule has 1 aromatic rings. The molecule has 0 bridgehead atoms. The highest BCUT2D eigenvalue weighted by Gasteiger charge is 2.48. The topological polar surface area (TPSA) is 18.5 Å². The van der Waals surface area contributed by atoms with Crippen LogP contribution >= 0.6 is 0 Å². The maximum absolute atomic E-state index is 6.94. The highest BCUT2D eigenvalue weighted by Crippen LogP contribution is 2.45. The normalized spacial score (nSPS) is 21.7. The zero-order valence-corrected chi connectivity index (χ0v) is 18.5. The minimum absolute atomic E-state index is 0.0633. The average molecular weight is 373 g/mol. The molecule has 144 valence electrons. The van der Waals surface area contributed by atoms with Gasteiger partial charge in [0.05, 0.1) is 18.5 Å². The van der Waals surface area contributed by atoms with E-state index in [4.69, 9.17) is 9.16 Å². The molecule has 0 aromatic heterocycles. The van der Waals surface area contributed by atoms with E-state index in [-0.39, 0.29) is 12.0 Å².